The first-order valence-corrected chi connectivity index (χ1v) is 12.5. The van der Waals surface area contributed by atoms with Crippen molar-refractivity contribution in [3.05, 3.63) is 21.2 Å². The van der Waals surface area contributed by atoms with Crippen LogP contribution in [0.3, 0.4) is 0 Å². The lowest BCUT2D eigenvalue weighted by Crippen LogP contribution is -2.35. The molecule has 3 heterocycles. The van der Waals surface area contributed by atoms with Gasteiger partial charge < -0.3 is 0 Å². The summed E-state index contributed by atoms with van der Waals surface area (Å²) in [4.78, 5) is 13.5. The SMILES string of the molecule is C/C=C/c1sc([Si](C)(C)C)c2sc3csc(C=O)c3c12. The van der Waals surface area contributed by atoms with Gasteiger partial charge in [0.05, 0.1) is 13.0 Å². The lowest BCUT2D eigenvalue weighted by Gasteiger charge is -2.13. The summed E-state index contributed by atoms with van der Waals surface area (Å²) in [6.07, 6.45) is 5.29. The number of hydrogen-bond acceptors (Lipinski definition) is 4. The maximum absolute atomic E-state index is 11.3. The molecule has 0 saturated carbocycles. The Morgan fingerprint density at radius 1 is 1.10 bits per heavy atom. The number of thiophene rings is 3. The van der Waals surface area contributed by atoms with Crippen molar-refractivity contribution in [1.29, 1.82) is 0 Å². The van der Waals surface area contributed by atoms with Crippen LogP contribution in [0.15, 0.2) is 11.5 Å². The van der Waals surface area contributed by atoms with Crippen LogP contribution in [0.4, 0.5) is 0 Å². The molecule has 20 heavy (non-hydrogen) atoms. The van der Waals surface area contributed by atoms with Gasteiger partial charge in [-0.1, -0.05) is 25.7 Å². The second kappa shape index (κ2) is 4.91. The first-order chi connectivity index (χ1) is 9.47. The van der Waals surface area contributed by atoms with Crippen molar-refractivity contribution >= 4 is 79.1 Å². The van der Waals surface area contributed by atoms with E-state index < -0.39 is 8.07 Å². The Balaban J connectivity index is 2.49. The molecule has 5 heteroatoms. The lowest BCUT2D eigenvalue weighted by atomic mass is 10.2. The summed E-state index contributed by atoms with van der Waals surface area (Å²) >= 11 is 5.35. The highest BCUT2D eigenvalue weighted by Crippen LogP contribution is 2.43. The topological polar surface area (TPSA) is 17.1 Å². The van der Waals surface area contributed by atoms with Gasteiger partial charge in [0.15, 0.2) is 6.29 Å². The summed E-state index contributed by atoms with van der Waals surface area (Å²) in [6, 6.07) is 0. The largest absolute Gasteiger partial charge is 0.297 e. The molecule has 104 valence electrons. The number of aldehydes is 1. The third-order valence-corrected chi connectivity index (χ3v) is 10.5. The fourth-order valence-corrected chi connectivity index (χ4v) is 9.16. The number of allylic oxidation sites excluding steroid dienone is 1. The molecule has 3 aromatic heterocycles. The average molecular weight is 337 g/mol. The predicted octanol–water partition coefficient (Wildman–Crippen LogP) is 5.57. The maximum Gasteiger partial charge on any atom is 0.160 e. The second-order valence-corrected chi connectivity index (χ2v) is 14.2. The van der Waals surface area contributed by atoms with E-state index in [2.05, 4.69) is 44.1 Å². The molecular weight excluding hydrogens is 320 g/mol. The lowest BCUT2D eigenvalue weighted by molar-refractivity contribution is 0.112. The van der Waals surface area contributed by atoms with Gasteiger partial charge in [-0.3, -0.25) is 4.79 Å². The van der Waals surface area contributed by atoms with E-state index >= 15 is 0 Å². The molecule has 0 aromatic carbocycles. The Hall–Kier alpha value is -0.753. The highest BCUT2D eigenvalue weighted by molar-refractivity contribution is 7.38. The Morgan fingerprint density at radius 2 is 1.85 bits per heavy atom. The summed E-state index contributed by atoms with van der Waals surface area (Å²) in [5.74, 6) is 0. The van der Waals surface area contributed by atoms with E-state index in [1.807, 2.05) is 22.7 Å². The van der Waals surface area contributed by atoms with Gasteiger partial charge in [0.25, 0.3) is 0 Å². The van der Waals surface area contributed by atoms with Crippen LogP contribution in [-0.4, -0.2) is 14.4 Å². The number of rotatable bonds is 3. The molecule has 3 rings (SSSR count). The van der Waals surface area contributed by atoms with E-state index in [-0.39, 0.29) is 0 Å². The van der Waals surface area contributed by atoms with Gasteiger partial charge in [-0.2, -0.15) is 0 Å². The van der Waals surface area contributed by atoms with Crippen molar-refractivity contribution in [2.24, 2.45) is 0 Å². The molecule has 0 amide bonds. The molecule has 1 nitrogen and oxygen atoms in total. The zero-order chi connectivity index (χ0) is 14.5. The number of fused-ring (bicyclic) bond motifs is 3. The predicted molar refractivity (Wildman–Crippen MR) is 98.2 cm³/mol. The van der Waals surface area contributed by atoms with E-state index in [9.17, 15) is 4.79 Å². The van der Waals surface area contributed by atoms with E-state index in [0.717, 1.165) is 11.2 Å². The van der Waals surface area contributed by atoms with Crippen molar-refractivity contribution in [2.75, 3.05) is 0 Å². The van der Waals surface area contributed by atoms with E-state index in [0.29, 0.717) is 0 Å². The minimum absolute atomic E-state index is 0.872. The first kappa shape index (κ1) is 14.2. The highest BCUT2D eigenvalue weighted by atomic mass is 32.1. The quantitative estimate of drug-likeness (QED) is 0.451. The molecule has 0 atom stereocenters. The Labute approximate surface area is 131 Å². The second-order valence-electron chi connectivity index (χ2n) is 5.81. The minimum atomic E-state index is -1.36. The van der Waals surface area contributed by atoms with Crippen molar-refractivity contribution in [3.8, 4) is 0 Å². The normalized spacial score (nSPS) is 13.0. The molecule has 0 N–H and O–H groups in total. The summed E-state index contributed by atoms with van der Waals surface area (Å²) in [5, 5.41) is 4.62. The summed E-state index contributed by atoms with van der Waals surface area (Å²) in [7, 11) is -1.36. The third kappa shape index (κ3) is 2.04. The maximum atomic E-state index is 11.3. The van der Waals surface area contributed by atoms with Gasteiger partial charge in [0.1, 0.15) is 0 Å². The zero-order valence-corrected chi connectivity index (χ0v) is 15.4. The van der Waals surface area contributed by atoms with Crippen LogP contribution >= 0.6 is 34.0 Å². The number of carbonyl (C=O) groups excluding carboxylic acids is 1. The van der Waals surface area contributed by atoms with Crippen molar-refractivity contribution < 1.29 is 4.79 Å². The van der Waals surface area contributed by atoms with Crippen LogP contribution in [-0.2, 0) is 0 Å². The Morgan fingerprint density at radius 3 is 2.45 bits per heavy atom. The molecule has 0 fully saturated rings. The minimum Gasteiger partial charge on any atom is -0.297 e. The number of hydrogen-bond donors (Lipinski definition) is 0. The smallest absolute Gasteiger partial charge is 0.160 e. The fourth-order valence-electron chi connectivity index (χ4n) is 2.40. The molecule has 0 bridgehead atoms. The van der Waals surface area contributed by atoms with E-state index in [1.165, 1.54) is 25.0 Å². The zero-order valence-electron chi connectivity index (χ0n) is 11.9. The van der Waals surface area contributed by atoms with Gasteiger partial charge in [-0.15, -0.1) is 34.0 Å². The first-order valence-electron chi connectivity index (χ1n) is 6.52. The van der Waals surface area contributed by atoms with Crippen LogP contribution in [0.1, 0.15) is 21.5 Å². The molecular formula is C15H16OS3Si. The molecule has 0 spiro atoms. The Kier molecular flexibility index (Phi) is 3.49. The number of carbonyl (C=O) groups is 1. The van der Waals surface area contributed by atoms with Crippen LogP contribution in [0, 0.1) is 0 Å². The van der Waals surface area contributed by atoms with Crippen LogP contribution in [0.2, 0.25) is 19.6 Å². The van der Waals surface area contributed by atoms with E-state index in [1.54, 1.807) is 15.8 Å². The monoisotopic (exact) mass is 336 g/mol. The standard InChI is InChI=1S/C15H16OS3Si/c1-5-6-9-13-12-10(7-16)17-8-11(12)18-14(13)15(19-9)20(2,3)4/h5-8H,1-4H3/b6-5+. The molecule has 0 aliphatic rings. The van der Waals surface area contributed by atoms with Gasteiger partial charge >= 0.3 is 0 Å². The van der Waals surface area contributed by atoms with Crippen LogP contribution < -0.4 is 4.50 Å². The van der Waals surface area contributed by atoms with Crippen molar-refractivity contribution in [2.45, 2.75) is 26.6 Å². The molecule has 0 saturated heterocycles. The van der Waals surface area contributed by atoms with E-state index in [4.69, 9.17) is 0 Å². The summed E-state index contributed by atoms with van der Waals surface area (Å²) in [6.45, 7) is 9.24. The van der Waals surface area contributed by atoms with Crippen molar-refractivity contribution in [1.82, 2.24) is 0 Å². The Bertz CT molecular complexity index is 827. The van der Waals surface area contributed by atoms with Crippen molar-refractivity contribution in [3.63, 3.8) is 0 Å². The third-order valence-electron chi connectivity index (χ3n) is 3.25. The fraction of sp³-hybridized carbons (Fsp3) is 0.267. The van der Waals surface area contributed by atoms with Gasteiger partial charge in [-0.25, -0.2) is 0 Å². The van der Waals surface area contributed by atoms with Gasteiger partial charge in [-0.05, 0) is 13.0 Å². The van der Waals surface area contributed by atoms with Gasteiger partial charge in [0.2, 0.25) is 0 Å². The summed E-state index contributed by atoms with van der Waals surface area (Å²) < 4.78 is 4.24. The van der Waals surface area contributed by atoms with Crippen LogP contribution in [0.25, 0.3) is 26.2 Å². The summed E-state index contributed by atoms with van der Waals surface area (Å²) in [5.41, 5.74) is 0. The average Bonchev–Trinajstić information content (AvgIpc) is 2.98. The van der Waals surface area contributed by atoms with Gasteiger partial charge in [0, 0.05) is 34.9 Å². The molecule has 0 aliphatic heterocycles. The molecule has 0 unspecified atom stereocenters. The highest BCUT2D eigenvalue weighted by Gasteiger charge is 2.27. The molecule has 0 radical (unpaired) electrons. The molecule has 0 aliphatic carbocycles. The van der Waals surface area contributed by atoms with Crippen LogP contribution in [0.5, 0.6) is 0 Å². The molecule has 3 aromatic rings.